The number of carbonyl (C=O) groups is 1. The molecule has 0 unspecified atom stereocenters. The third-order valence-corrected chi connectivity index (χ3v) is 4.28. The molecule has 1 aromatic rings. The lowest BCUT2D eigenvalue weighted by Crippen LogP contribution is -2.31. The van der Waals surface area contributed by atoms with Gasteiger partial charge < -0.3 is 11.1 Å². The van der Waals surface area contributed by atoms with Crippen LogP contribution in [0.15, 0.2) is 0 Å². The van der Waals surface area contributed by atoms with Crippen LogP contribution in [0.2, 0.25) is 0 Å². The summed E-state index contributed by atoms with van der Waals surface area (Å²) < 4.78 is 38.2. The molecule has 8 heteroatoms. The highest BCUT2D eigenvalue weighted by Crippen LogP contribution is 2.35. The van der Waals surface area contributed by atoms with E-state index in [1.807, 2.05) is 0 Å². The predicted molar refractivity (Wildman–Crippen MR) is 70.4 cm³/mol. The van der Waals surface area contributed by atoms with Crippen LogP contribution in [0.4, 0.5) is 18.3 Å². The third kappa shape index (κ3) is 3.62. The normalized spacial score (nSPS) is 17.1. The molecule has 20 heavy (non-hydrogen) atoms. The molecule has 0 aliphatic heterocycles. The fourth-order valence-electron chi connectivity index (χ4n) is 2.39. The third-order valence-electron chi connectivity index (χ3n) is 3.39. The molecule has 1 aliphatic rings. The molecule has 3 N–H and O–H groups in total. The lowest BCUT2D eigenvalue weighted by atomic mass is 9.89. The minimum absolute atomic E-state index is 0.250. The fourth-order valence-corrected chi connectivity index (χ4v) is 3.16. The van der Waals surface area contributed by atoms with Gasteiger partial charge in [0, 0.05) is 6.54 Å². The lowest BCUT2D eigenvalue weighted by molar-refractivity contribution is -0.141. The second kappa shape index (κ2) is 5.99. The van der Waals surface area contributed by atoms with Crippen molar-refractivity contribution in [1.29, 1.82) is 0 Å². The zero-order valence-electron chi connectivity index (χ0n) is 10.8. The summed E-state index contributed by atoms with van der Waals surface area (Å²) in [5.74, 6) is -0.385. The number of rotatable bonds is 3. The second-order valence-corrected chi connectivity index (χ2v) is 5.97. The molecular weight excluding hydrogens is 291 g/mol. The van der Waals surface area contributed by atoms with Crippen LogP contribution in [0.1, 0.15) is 47.5 Å². The maximum atomic E-state index is 12.7. The molecule has 1 heterocycles. The first kappa shape index (κ1) is 15.1. The monoisotopic (exact) mass is 307 g/mol. The Labute approximate surface area is 118 Å². The molecule has 0 spiro atoms. The van der Waals surface area contributed by atoms with E-state index >= 15 is 0 Å². The standard InChI is InChI=1S/C12H16F3N3OS/c13-12(14,15)9-8(20-11(16)18-9)10(19)17-6-7-4-2-1-3-5-7/h7H,1-6H2,(H2,16,18)(H,17,19). The van der Waals surface area contributed by atoms with Gasteiger partial charge >= 0.3 is 6.18 Å². The Bertz CT molecular complexity index is 481. The summed E-state index contributed by atoms with van der Waals surface area (Å²) in [6, 6.07) is 0. The number of hydrogen-bond acceptors (Lipinski definition) is 4. The van der Waals surface area contributed by atoms with E-state index in [0.717, 1.165) is 25.7 Å². The molecule has 1 aliphatic carbocycles. The van der Waals surface area contributed by atoms with E-state index in [4.69, 9.17) is 5.73 Å². The van der Waals surface area contributed by atoms with Gasteiger partial charge in [-0.15, -0.1) is 0 Å². The van der Waals surface area contributed by atoms with Gasteiger partial charge in [-0.3, -0.25) is 4.79 Å². The van der Waals surface area contributed by atoms with Crippen LogP contribution in [0.25, 0.3) is 0 Å². The second-order valence-electron chi connectivity index (χ2n) is 4.94. The maximum Gasteiger partial charge on any atom is 0.435 e. The molecule has 1 saturated carbocycles. The van der Waals surface area contributed by atoms with Crippen molar-refractivity contribution in [1.82, 2.24) is 10.3 Å². The molecule has 0 atom stereocenters. The van der Waals surface area contributed by atoms with Crippen molar-refractivity contribution < 1.29 is 18.0 Å². The fraction of sp³-hybridized carbons (Fsp3) is 0.667. The Balaban J connectivity index is 2.01. The van der Waals surface area contributed by atoms with Gasteiger partial charge in [0.05, 0.1) is 0 Å². The molecule has 1 amide bonds. The maximum absolute atomic E-state index is 12.7. The van der Waals surface area contributed by atoms with E-state index in [2.05, 4.69) is 10.3 Å². The van der Waals surface area contributed by atoms with E-state index in [1.54, 1.807) is 0 Å². The minimum atomic E-state index is -4.66. The highest BCUT2D eigenvalue weighted by molar-refractivity contribution is 7.17. The largest absolute Gasteiger partial charge is 0.435 e. The van der Waals surface area contributed by atoms with Crippen molar-refractivity contribution in [3.8, 4) is 0 Å². The number of aromatic nitrogens is 1. The molecule has 0 aromatic carbocycles. The number of alkyl halides is 3. The molecule has 0 saturated heterocycles. The van der Waals surface area contributed by atoms with Gasteiger partial charge in [-0.2, -0.15) is 13.2 Å². The highest BCUT2D eigenvalue weighted by Gasteiger charge is 2.39. The number of thiazole rings is 1. The van der Waals surface area contributed by atoms with E-state index in [-0.39, 0.29) is 5.13 Å². The van der Waals surface area contributed by atoms with E-state index < -0.39 is 22.7 Å². The summed E-state index contributed by atoms with van der Waals surface area (Å²) in [5.41, 5.74) is 4.09. The summed E-state index contributed by atoms with van der Waals surface area (Å²) >= 11 is 0.571. The van der Waals surface area contributed by atoms with Gasteiger partial charge in [-0.1, -0.05) is 30.6 Å². The van der Waals surface area contributed by atoms with Crippen molar-refractivity contribution >= 4 is 22.4 Å². The van der Waals surface area contributed by atoms with Crippen LogP contribution in [0.5, 0.6) is 0 Å². The van der Waals surface area contributed by atoms with Crippen molar-refractivity contribution in [3.05, 3.63) is 10.6 Å². The SMILES string of the molecule is Nc1nc(C(F)(F)F)c(C(=O)NCC2CCCCC2)s1. The Morgan fingerprint density at radius 3 is 2.60 bits per heavy atom. The average Bonchev–Trinajstić information content (AvgIpc) is 2.79. The van der Waals surface area contributed by atoms with Crippen LogP contribution in [-0.2, 0) is 6.18 Å². The summed E-state index contributed by atoms with van der Waals surface area (Å²) in [4.78, 5) is 14.6. The van der Waals surface area contributed by atoms with Crippen molar-refractivity contribution in [2.24, 2.45) is 5.92 Å². The van der Waals surface area contributed by atoms with Gasteiger partial charge in [0.2, 0.25) is 0 Å². The van der Waals surface area contributed by atoms with Gasteiger partial charge in [-0.25, -0.2) is 4.98 Å². The highest BCUT2D eigenvalue weighted by atomic mass is 32.1. The first-order chi connectivity index (χ1) is 9.38. The molecule has 1 fully saturated rings. The van der Waals surface area contributed by atoms with Crippen LogP contribution in [0.3, 0.4) is 0 Å². The number of nitrogens with two attached hydrogens (primary N) is 1. The number of carbonyl (C=O) groups excluding carboxylic acids is 1. The van der Waals surface area contributed by atoms with E-state index in [0.29, 0.717) is 23.8 Å². The van der Waals surface area contributed by atoms with Crippen LogP contribution in [0, 0.1) is 5.92 Å². The Hall–Kier alpha value is -1.31. The minimum Gasteiger partial charge on any atom is -0.375 e. The number of halogens is 3. The average molecular weight is 307 g/mol. The molecular formula is C12H16F3N3OS. The number of nitrogens with one attached hydrogen (secondary N) is 1. The number of hydrogen-bond donors (Lipinski definition) is 2. The number of amides is 1. The number of nitrogen functional groups attached to an aromatic ring is 1. The Morgan fingerprint density at radius 1 is 1.35 bits per heavy atom. The molecule has 112 valence electrons. The first-order valence-corrected chi connectivity index (χ1v) is 7.31. The molecule has 1 aromatic heterocycles. The van der Waals surface area contributed by atoms with Gasteiger partial charge in [0.25, 0.3) is 5.91 Å². The topological polar surface area (TPSA) is 68.0 Å². The summed E-state index contributed by atoms with van der Waals surface area (Å²) in [6.45, 7) is 0.411. The molecule has 0 radical (unpaired) electrons. The number of anilines is 1. The van der Waals surface area contributed by atoms with Gasteiger partial charge in [0.1, 0.15) is 4.88 Å². The van der Waals surface area contributed by atoms with E-state index in [1.165, 1.54) is 6.42 Å². The zero-order valence-corrected chi connectivity index (χ0v) is 11.6. The van der Waals surface area contributed by atoms with Crippen LogP contribution >= 0.6 is 11.3 Å². The Morgan fingerprint density at radius 2 is 2.00 bits per heavy atom. The summed E-state index contributed by atoms with van der Waals surface area (Å²) in [7, 11) is 0. The molecule has 2 rings (SSSR count). The van der Waals surface area contributed by atoms with Crippen LogP contribution in [-0.4, -0.2) is 17.4 Å². The first-order valence-electron chi connectivity index (χ1n) is 6.49. The summed E-state index contributed by atoms with van der Waals surface area (Å²) in [6.07, 6.45) is 0.776. The van der Waals surface area contributed by atoms with Gasteiger partial charge in [0.15, 0.2) is 10.8 Å². The van der Waals surface area contributed by atoms with Crippen molar-refractivity contribution in [2.75, 3.05) is 12.3 Å². The van der Waals surface area contributed by atoms with Gasteiger partial charge in [-0.05, 0) is 18.8 Å². The number of nitrogens with zero attached hydrogens (tertiary/aromatic N) is 1. The Kier molecular flexibility index (Phi) is 4.52. The zero-order chi connectivity index (χ0) is 14.8. The quantitative estimate of drug-likeness (QED) is 0.902. The van der Waals surface area contributed by atoms with E-state index in [9.17, 15) is 18.0 Å². The molecule has 4 nitrogen and oxygen atoms in total. The lowest BCUT2D eigenvalue weighted by Gasteiger charge is -2.21. The van der Waals surface area contributed by atoms with Crippen LogP contribution < -0.4 is 11.1 Å². The van der Waals surface area contributed by atoms with Crippen molar-refractivity contribution in [2.45, 2.75) is 38.3 Å². The predicted octanol–water partition coefficient (Wildman–Crippen LogP) is 3.05. The summed E-state index contributed by atoms with van der Waals surface area (Å²) in [5, 5.41) is 2.32. The smallest absolute Gasteiger partial charge is 0.375 e. The molecule has 0 bridgehead atoms. The van der Waals surface area contributed by atoms with Crippen molar-refractivity contribution in [3.63, 3.8) is 0 Å².